The van der Waals surface area contributed by atoms with Gasteiger partial charge in [0.1, 0.15) is 0 Å². The van der Waals surface area contributed by atoms with Gasteiger partial charge in [-0.3, -0.25) is 4.98 Å². The summed E-state index contributed by atoms with van der Waals surface area (Å²) in [6.07, 6.45) is 1.53. The average Bonchev–Trinajstić information content (AvgIpc) is 2.75. The summed E-state index contributed by atoms with van der Waals surface area (Å²) in [6, 6.07) is 0. The molecule has 3 nitrogen and oxygen atoms in total. The van der Waals surface area contributed by atoms with Gasteiger partial charge in [-0.1, -0.05) is 0 Å². The van der Waals surface area contributed by atoms with Gasteiger partial charge in [0, 0.05) is 6.20 Å². The maximum absolute atomic E-state index is 5.62. The van der Waals surface area contributed by atoms with Gasteiger partial charge in [0.2, 0.25) is 0 Å². The molecule has 2 heterocycles. The standard InChI is InChI=1S/C7H8ClNO2S/c8-1-5-3-10-7(11-5)6-2-9-4-12-6/h2,4-5,7H,1,3H2. The van der Waals surface area contributed by atoms with Crippen molar-refractivity contribution in [2.24, 2.45) is 0 Å². The number of hydrogen-bond acceptors (Lipinski definition) is 4. The molecule has 0 bridgehead atoms. The molecule has 12 heavy (non-hydrogen) atoms. The molecular formula is C7H8ClNO2S. The monoisotopic (exact) mass is 205 g/mol. The number of nitrogens with zero attached hydrogens (tertiary/aromatic N) is 1. The van der Waals surface area contributed by atoms with Crippen LogP contribution in [0.3, 0.4) is 0 Å². The van der Waals surface area contributed by atoms with E-state index in [9.17, 15) is 0 Å². The van der Waals surface area contributed by atoms with Crippen molar-refractivity contribution >= 4 is 22.9 Å². The number of ether oxygens (including phenoxy) is 2. The number of aromatic nitrogens is 1. The summed E-state index contributed by atoms with van der Waals surface area (Å²) in [4.78, 5) is 4.95. The maximum atomic E-state index is 5.62. The Hall–Kier alpha value is -0.160. The van der Waals surface area contributed by atoms with Gasteiger partial charge < -0.3 is 9.47 Å². The van der Waals surface area contributed by atoms with Crippen LogP contribution < -0.4 is 0 Å². The summed E-state index contributed by atoms with van der Waals surface area (Å²) in [5.41, 5.74) is 1.76. The van der Waals surface area contributed by atoms with Crippen molar-refractivity contribution in [3.8, 4) is 0 Å². The Morgan fingerprint density at radius 3 is 3.25 bits per heavy atom. The zero-order chi connectivity index (χ0) is 8.39. The molecule has 5 heteroatoms. The number of rotatable bonds is 2. The quantitative estimate of drug-likeness (QED) is 0.690. The summed E-state index contributed by atoms with van der Waals surface area (Å²) in [7, 11) is 0. The van der Waals surface area contributed by atoms with Crippen LogP contribution in [-0.4, -0.2) is 23.6 Å². The Bertz CT molecular complexity index is 242. The van der Waals surface area contributed by atoms with Crippen molar-refractivity contribution in [1.82, 2.24) is 4.98 Å². The first-order chi connectivity index (χ1) is 5.90. The summed E-state index contributed by atoms with van der Waals surface area (Å²) in [5, 5.41) is 0. The van der Waals surface area contributed by atoms with Crippen molar-refractivity contribution in [3.05, 3.63) is 16.6 Å². The second-order valence-corrected chi connectivity index (χ2v) is 3.71. The fraction of sp³-hybridized carbons (Fsp3) is 0.571. The molecule has 0 aromatic carbocycles. The predicted molar refractivity (Wildman–Crippen MR) is 46.4 cm³/mol. The van der Waals surface area contributed by atoms with Crippen molar-refractivity contribution in [1.29, 1.82) is 0 Å². The van der Waals surface area contributed by atoms with E-state index in [-0.39, 0.29) is 12.4 Å². The third kappa shape index (κ3) is 1.61. The van der Waals surface area contributed by atoms with Gasteiger partial charge in [0.05, 0.1) is 29.0 Å². The first-order valence-electron chi connectivity index (χ1n) is 3.61. The van der Waals surface area contributed by atoms with Crippen molar-refractivity contribution in [3.63, 3.8) is 0 Å². The van der Waals surface area contributed by atoms with Gasteiger partial charge in [-0.2, -0.15) is 0 Å². The summed E-state index contributed by atoms with van der Waals surface area (Å²) < 4.78 is 10.8. The summed E-state index contributed by atoms with van der Waals surface area (Å²) in [5.74, 6) is 0.481. The Morgan fingerprint density at radius 2 is 2.67 bits per heavy atom. The van der Waals surface area contributed by atoms with E-state index >= 15 is 0 Å². The Morgan fingerprint density at radius 1 is 1.75 bits per heavy atom. The highest BCUT2D eigenvalue weighted by Crippen LogP contribution is 2.29. The van der Waals surface area contributed by atoms with E-state index in [1.165, 1.54) is 11.3 Å². The van der Waals surface area contributed by atoms with E-state index in [1.54, 1.807) is 11.7 Å². The van der Waals surface area contributed by atoms with Crippen LogP contribution in [0.2, 0.25) is 0 Å². The Labute approximate surface area is 79.3 Å². The molecule has 0 saturated carbocycles. The highest BCUT2D eigenvalue weighted by molar-refractivity contribution is 7.09. The lowest BCUT2D eigenvalue weighted by molar-refractivity contribution is -0.0541. The van der Waals surface area contributed by atoms with E-state index in [0.717, 1.165) is 4.88 Å². The third-order valence-corrected chi connectivity index (χ3v) is 2.75. The van der Waals surface area contributed by atoms with Crippen LogP contribution in [0.15, 0.2) is 11.7 Å². The van der Waals surface area contributed by atoms with Crippen LogP contribution in [0.4, 0.5) is 0 Å². The molecule has 66 valence electrons. The zero-order valence-corrected chi connectivity index (χ0v) is 7.85. The molecule has 1 aromatic heterocycles. The van der Waals surface area contributed by atoms with Gasteiger partial charge in [-0.25, -0.2) is 0 Å². The van der Waals surface area contributed by atoms with Crippen molar-refractivity contribution < 1.29 is 9.47 Å². The molecule has 0 spiro atoms. The van der Waals surface area contributed by atoms with E-state index in [0.29, 0.717) is 12.5 Å². The van der Waals surface area contributed by atoms with E-state index < -0.39 is 0 Å². The van der Waals surface area contributed by atoms with Gasteiger partial charge in [-0.05, 0) is 0 Å². The average molecular weight is 206 g/mol. The lowest BCUT2D eigenvalue weighted by Crippen LogP contribution is -2.10. The van der Waals surface area contributed by atoms with Gasteiger partial charge >= 0.3 is 0 Å². The van der Waals surface area contributed by atoms with Crippen LogP contribution in [0.25, 0.3) is 0 Å². The Balaban J connectivity index is 2.00. The highest BCUT2D eigenvalue weighted by atomic mass is 35.5. The molecule has 2 rings (SSSR count). The molecule has 2 unspecified atom stereocenters. The normalized spacial score (nSPS) is 29.4. The topological polar surface area (TPSA) is 31.4 Å². The summed E-state index contributed by atoms with van der Waals surface area (Å²) in [6.45, 7) is 0.575. The second kappa shape index (κ2) is 3.70. The fourth-order valence-corrected chi connectivity index (χ4v) is 1.78. The molecule has 1 aliphatic rings. The zero-order valence-electron chi connectivity index (χ0n) is 6.27. The van der Waals surface area contributed by atoms with Crippen LogP contribution in [-0.2, 0) is 9.47 Å². The van der Waals surface area contributed by atoms with E-state index in [1.807, 2.05) is 0 Å². The maximum Gasteiger partial charge on any atom is 0.195 e. The van der Waals surface area contributed by atoms with Crippen molar-refractivity contribution in [2.45, 2.75) is 12.4 Å². The largest absolute Gasteiger partial charge is 0.345 e. The minimum absolute atomic E-state index is 0.0266. The SMILES string of the molecule is ClCC1COC(c2cncs2)O1. The van der Waals surface area contributed by atoms with Crippen molar-refractivity contribution in [2.75, 3.05) is 12.5 Å². The molecule has 1 saturated heterocycles. The van der Waals surface area contributed by atoms with E-state index in [2.05, 4.69) is 4.98 Å². The molecule has 2 atom stereocenters. The van der Waals surface area contributed by atoms with Crippen LogP contribution >= 0.6 is 22.9 Å². The minimum atomic E-state index is -0.249. The van der Waals surface area contributed by atoms with Gasteiger partial charge in [0.25, 0.3) is 0 Å². The lowest BCUT2D eigenvalue weighted by atomic mass is 10.4. The molecule has 1 aliphatic heterocycles. The fourth-order valence-electron chi connectivity index (χ4n) is 1.02. The molecule has 0 aliphatic carbocycles. The number of alkyl halides is 1. The number of thiazole rings is 1. The first-order valence-corrected chi connectivity index (χ1v) is 5.03. The smallest absolute Gasteiger partial charge is 0.195 e. The lowest BCUT2D eigenvalue weighted by Gasteiger charge is -2.06. The molecule has 1 fully saturated rings. The number of halogens is 1. The second-order valence-electron chi connectivity index (χ2n) is 2.48. The molecule has 0 amide bonds. The van der Waals surface area contributed by atoms with Gasteiger partial charge in [-0.15, -0.1) is 22.9 Å². The predicted octanol–water partition coefficient (Wildman–Crippen LogP) is 1.80. The highest BCUT2D eigenvalue weighted by Gasteiger charge is 2.27. The summed E-state index contributed by atoms with van der Waals surface area (Å²) >= 11 is 7.15. The molecule has 0 N–H and O–H groups in total. The number of hydrogen-bond donors (Lipinski definition) is 0. The van der Waals surface area contributed by atoms with E-state index in [4.69, 9.17) is 21.1 Å². The minimum Gasteiger partial charge on any atom is -0.345 e. The molecule has 0 radical (unpaired) electrons. The third-order valence-electron chi connectivity index (χ3n) is 1.61. The van der Waals surface area contributed by atoms with Crippen LogP contribution in [0, 0.1) is 0 Å². The van der Waals surface area contributed by atoms with Crippen LogP contribution in [0.5, 0.6) is 0 Å². The van der Waals surface area contributed by atoms with Crippen LogP contribution in [0.1, 0.15) is 11.2 Å². The van der Waals surface area contributed by atoms with Gasteiger partial charge in [0.15, 0.2) is 6.29 Å². The molecular weight excluding hydrogens is 198 g/mol. The Kier molecular flexibility index (Phi) is 2.60. The molecule has 1 aromatic rings. The first kappa shape index (κ1) is 8.44.